The second kappa shape index (κ2) is 13.4. The molecule has 1 atom stereocenters. The zero-order chi connectivity index (χ0) is 32.2. The van der Waals surface area contributed by atoms with Gasteiger partial charge in [0.15, 0.2) is 0 Å². The van der Waals surface area contributed by atoms with E-state index in [1.165, 1.54) is 36.4 Å². The van der Waals surface area contributed by atoms with Gasteiger partial charge in [0, 0.05) is 30.2 Å². The van der Waals surface area contributed by atoms with E-state index in [-0.39, 0.29) is 41.3 Å². The van der Waals surface area contributed by atoms with Crippen molar-refractivity contribution in [3.05, 3.63) is 122 Å². The van der Waals surface area contributed by atoms with Crippen LogP contribution in [-0.4, -0.2) is 19.1 Å². The first kappa shape index (κ1) is 32.4. The van der Waals surface area contributed by atoms with Crippen LogP contribution in [0.15, 0.2) is 82.4 Å². The van der Waals surface area contributed by atoms with Gasteiger partial charge >= 0.3 is 6.18 Å². The quantitative estimate of drug-likeness (QED) is 0.144. The van der Waals surface area contributed by atoms with Gasteiger partial charge in [0.25, 0.3) is 10.9 Å². The summed E-state index contributed by atoms with van der Waals surface area (Å²) in [6, 6.07) is 12.9. The number of rotatable bonds is 4. The number of alkyl halides is 3. The van der Waals surface area contributed by atoms with Gasteiger partial charge in [0.2, 0.25) is 0 Å². The summed E-state index contributed by atoms with van der Waals surface area (Å²) in [6.45, 7) is 8.60. The van der Waals surface area contributed by atoms with Gasteiger partial charge in [-0.3, -0.25) is 9.59 Å². The summed E-state index contributed by atoms with van der Waals surface area (Å²) in [5, 5.41) is 2.81. The van der Waals surface area contributed by atoms with Gasteiger partial charge in [-0.25, -0.2) is 8.78 Å². The fourth-order valence-electron chi connectivity index (χ4n) is 5.48. The third kappa shape index (κ3) is 6.39. The Labute approximate surface area is 252 Å². The van der Waals surface area contributed by atoms with Crippen molar-refractivity contribution in [3.63, 3.8) is 0 Å². The Morgan fingerprint density at radius 2 is 1.32 bits per heavy atom. The molecule has 0 saturated carbocycles. The average Bonchev–Trinajstić information content (AvgIpc) is 3.18. The number of hydrogen-bond donors (Lipinski definition) is 1. The molecule has 0 amide bonds. The molecule has 0 aliphatic carbocycles. The predicted octanol–water partition coefficient (Wildman–Crippen LogP) is 8.06. The Morgan fingerprint density at radius 3 is 1.84 bits per heavy atom. The minimum absolute atomic E-state index is 0.0135. The average molecular weight is 612 g/mol. The summed E-state index contributed by atoms with van der Waals surface area (Å²) >= 11 is 0. The molecule has 0 radical (unpaired) electrons. The Bertz CT molecular complexity index is 1650. The van der Waals surface area contributed by atoms with Crippen LogP contribution in [0.4, 0.5) is 50.4 Å². The Morgan fingerprint density at radius 1 is 0.773 bits per heavy atom. The number of fused-ring (bicyclic) bond motifs is 2. The second-order valence-corrected chi connectivity index (χ2v) is 9.90. The van der Waals surface area contributed by atoms with Gasteiger partial charge in [-0.1, -0.05) is 39.8 Å². The molecule has 6 rings (SSSR count). The van der Waals surface area contributed by atoms with Crippen LogP contribution in [0.3, 0.4) is 0 Å². The Hall–Kier alpha value is -4.47. The molecule has 2 heterocycles. The van der Waals surface area contributed by atoms with Crippen molar-refractivity contribution in [1.29, 1.82) is 0 Å². The van der Waals surface area contributed by atoms with Crippen LogP contribution in [0, 0.1) is 11.6 Å². The zero-order valence-corrected chi connectivity index (χ0v) is 24.9. The van der Waals surface area contributed by atoms with Crippen LogP contribution in [0.25, 0.3) is 0 Å². The monoisotopic (exact) mass is 611 g/mol. The van der Waals surface area contributed by atoms with Crippen LogP contribution in [0.5, 0.6) is 0 Å². The zero-order valence-electron chi connectivity index (χ0n) is 24.9. The highest BCUT2D eigenvalue weighted by Gasteiger charge is 2.34. The Balaban J connectivity index is 0.00000106. The molecule has 4 aromatic carbocycles. The van der Waals surface area contributed by atoms with Gasteiger partial charge in [0.05, 0.1) is 11.6 Å². The number of anilines is 5. The second-order valence-electron chi connectivity index (χ2n) is 9.90. The molecule has 0 fully saturated rings. The van der Waals surface area contributed by atoms with E-state index in [1.807, 2.05) is 44.7 Å². The first-order valence-corrected chi connectivity index (χ1v) is 14.7. The van der Waals surface area contributed by atoms with Crippen molar-refractivity contribution in [1.82, 2.24) is 0 Å². The van der Waals surface area contributed by atoms with Crippen LogP contribution in [0.2, 0.25) is 0 Å². The van der Waals surface area contributed by atoms with Gasteiger partial charge in [-0.05, 0) is 84.6 Å². The minimum Gasteiger partial charge on any atom is -0.360 e. The maximum absolute atomic E-state index is 14.2. The molecule has 4 aromatic rings. The molecule has 232 valence electrons. The molecule has 10 heteroatoms. The first-order valence-electron chi connectivity index (χ1n) is 14.7. The molecule has 44 heavy (non-hydrogen) atoms. The molecule has 2 aliphatic rings. The van der Waals surface area contributed by atoms with E-state index < -0.39 is 22.6 Å². The summed E-state index contributed by atoms with van der Waals surface area (Å²) in [6.07, 6.45) is 0.336. The lowest BCUT2D eigenvalue weighted by Crippen LogP contribution is -2.49. The van der Waals surface area contributed by atoms with Crippen molar-refractivity contribution in [2.24, 2.45) is 0 Å². The third-order valence-corrected chi connectivity index (χ3v) is 7.37. The fourth-order valence-corrected chi connectivity index (χ4v) is 5.48. The summed E-state index contributed by atoms with van der Waals surface area (Å²) < 4.78 is 67.1. The van der Waals surface area contributed by atoms with Crippen molar-refractivity contribution >= 4 is 28.4 Å². The lowest BCUT2D eigenvalue weighted by Gasteiger charge is -2.40. The van der Waals surface area contributed by atoms with Crippen molar-refractivity contribution in [2.45, 2.75) is 52.8 Å². The minimum atomic E-state index is -4.50. The maximum atomic E-state index is 14.2. The van der Waals surface area contributed by atoms with E-state index >= 15 is 0 Å². The molecule has 0 saturated heterocycles. The van der Waals surface area contributed by atoms with Crippen LogP contribution < -0.4 is 26.0 Å². The molecule has 5 nitrogen and oxygen atoms in total. The lowest BCUT2D eigenvalue weighted by atomic mass is 10.0. The van der Waals surface area contributed by atoms with E-state index in [0.29, 0.717) is 19.4 Å². The number of aryl methyl sites for hydroxylation is 2. The van der Waals surface area contributed by atoms with Crippen molar-refractivity contribution < 1.29 is 22.0 Å². The Kier molecular flexibility index (Phi) is 9.91. The highest BCUT2D eigenvalue weighted by molar-refractivity contribution is 5.81. The lowest BCUT2D eigenvalue weighted by molar-refractivity contribution is -0.137. The molecule has 1 unspecified atom stereocenters. The number of nitrogens with zero attached hydrogens (tertiary/aromatic N) is 2. The highest BCUT2D eigenvalue weighted by Crippen LogP contribution is 2.40. The van der Waals surface area contributed by atoms with Crippen molar-refractivity contribution in [3.8, 4) is 0 Å². The number of hydrogen-bond acceptors (Lipinski definition) is 5. The molecule has 0 bridgehead atoms. The molecule has 0 spiro atoms. The van der Waals surface area contributed by atoms with Gasteiger partial charge in [-0.15, -0.1) is 0 Å². The van der Waals surface area contributed by atoms with E-state index in [4.69, 9.17) is 0 Å². The molecule has 2 aliphatic heterocycles. The van der Waals surface area contributed by atoms with E-state index in [9.17, 15) is 31.5 Å². The standard InChI is InChI=1S/C30H22F5N3O2.2C2H6/c31-20-7-11-24-17(14-20)3-4-18-15-21(32)8-12-25(18)38(24)23-2-1-13-37(16-23)27-26(28(39)29(27)40)36-22-9-5-19(6-10-22)30(33,34)35;2*1-2/h1-2,5-12,14-15,23,36H,3-4,13,16H2;2*1-2H3. The third-order valence-electron chi connectivity index (χ3n) is 7.37. The molecule has 1 N–H and O–H groups in total. The number of halogens is 5. The summed E-state index contributed by atoms with van der Waals surface area (Å²) in [5.41, 5.74) is 1.18. The number of nitrogens with one attached hydrogen (secondary N) is 1. The van der Waals surface area contributed by atoms with Gasteiger partial charge in [0.1, 0.15) is 23.0 Å². The van der Waals surface area contributed by atoms with E-state index in [0.717, 1.165) is 34.6 Å². The van der Waals surface area contributed by atoms with Crippen LogP contribution >= 0.6 is 0 Å². The normalized spacial score (nSPS) is 15.7. The first-order chi connectivity index (χ1) is 21.1. The van der Waals surface area contributed by atoms with E-state index in [2.05, 4.69) is 5.32 Å². The fraction of sp³-hybridized carbons (Fsp3) is 0.294. The largest absolute Gasteiger partial charge is 0.416 e. The smallest absolute Gasteiger partial charge is 0.360 e. The van der Waals surface area contributed by atoms with Crippen molar-refractivity contribution in [2.75, 3.05) is 28.2 Å². The summed E-state index contributed by atoms with van der Waals surface area (Å²) in [5.74, 6) is -0.751. The molecular formula is C34H34F5N3O2. The molecule has 0 aromatic heterocycles. The van der Waals surface area contributed by atoms with Gasteiger partial charge in [-0.2, -0.15) is 13.2 Å². The van der Waals surface area contributed by atoms with Crippen LogP contribution in [0.1, 0.15) is 44.4 Å². The predicted molar refractivity (Wildman–Crippen MR) is 166 cm³/mol. The van der Waals surface area contributed by atoms with E-state index in [1.54, 1.807) is 17.0 Å². The van der Waals surface area contributed by atoms with Gasteiger partial charge < -0.3 is 15.1 Å². The van der Waals surface area contributed by atoms with Crippen LogP contribution in [-0.2, 0) is 19.0 Å². The SMILES string of the molecule is CC.CC.O=c1c(Nc2ccc(C(F)(F)F)cc2)c(N2CC=CC(N3c4ccc(F)cc4CCc4cc(F)ccc43)C2)c1=O. The number of benzene rings is 3. The highest BCUT2D eigenvalue weighted by atomic mass is 19.4. The summed E-state index contributed by atoms with van der Waals surface area (Å²) in [4.78, 5) is 28.9. The maximum Gasteiger partial charge on any atom is 0.416 e. The molecular weight excluding hydrogens is 577 g/mol. The topological polar surface area (TPSA) is 52.7 Å². The summed E-state index contributed by atoms with van der Waals surface area (Å²) in [7, 11) is 0.